The zero-order valence-electron chi connectivity index (χ0n) is 25.8. The molecule has 1 heterocycles. The summed E-state index contributed by atoms with van der Waals surface area (Å²) in [5, 5.41) is 12.0. The number of likely N-dealkylation sites (N-methyl/N-ethyl adjacent to an activating group) is 1. The van der Waals surface area contributed by atoms with E-state index in [1.54, 1.807) is 40.5 Å². The van der Waals surface area contributed by atoms with Gasteiger partial charge in [-0.3, -0.25) is 23.9 Å². The van der Waals surface area contributed by atoms with Crippen LogP contribution in [0.4, 0.5) is 18.9 Å². The van der Waals surface area contributed by atoms with Crippen molar-refractivity contribution in [2.75, 3.05) is 12.4 Å². The maximum Gasteiger partial charge on any atom is 0.417 e. The van der Waals surface area contributed by atoms with Crippen LogP contribution in [0.5, 0.6) is 0 Å². The van der Waals surface area contributed by atoms with Crippen LogP contribution in [0.3, 0.4) is 0 Å². The monoisotopic (exact) mass is 628 g/mol. The number of hydrogen-bond acceptors (Lipinski definition) is 5. The molecule has 3 aliphatic carbocycles. The summed E-state index contributed by atoms with van der Waals surface area (Å²) in [6.45, 7) is 5.25. The van der Waals surface area contributed by atoms with Crippen molar-refractivity contribution in [1.82, 2.24) is 25.3 Å². The molecule has 242 valence electrons. The van der Waals surface area contributed by atoms with E-state index in [-0.39, 0.29) is 24.3 Å². The highest BCUT2D eigenvalue weighted by atomic mass is 19.4. The van der Waals surface area contributed by atoms with Crippen LogP contribution in [0, 0.1) is 5.92 Å². The fourth-order valence-corrected chi connectivity index (χ4v) is 6.06. The lowest BCUT2D eigenvalue weighted by molar-refractivity contribution is -0.178. The van der Waals surface area contributed by atoms with Crippen LogP contribution in [-0.4, -0.2) is 63.6 Å². The summed E-state index contributed by atoms with van der Waals surface area (Å²) in [6.07, 6.45) is 1.03. The van der Waals surface area contributed by atoms with Crippen LogP contribution in [0.1, 0.15) is 93.0 Å². The lowest BCUT2D eigenvalue weighted by atomic mass is 9.99. The fraction of sp³-hybridized carbons (Fsp3) is 0.531. The third-order valence-electron chi connectivity index (χ3n) is 8.64. The van der Waals surface area contributed by atoms with E-state index >= 15 is 0 Å². The summed E-state index contributed by atoms with van der Waals surface area (Å²) in [4.78, 5) is 52.9. The smallest absolute Gasteiger partial charge is 0.337 e. The van der Waals surface area contributed by atoms with Gasteiger partial charge in [0.25, 0.3) is 17.7 Å². The molecule has 0 aliphatic heterocycles. The summed E-state index contributed by atoms with van der Waals surface area (Å²) in [6, 6.07) is 2.58. The number of carbonyl (C=O) groups excluding carboxylic acids is 4. The van der Waals surface area contributed by atoms with E-state index in [1.165, 1.54) is 19.5 Å². The van der Waals surface area contributed by atoms with Crippen LogP contribution in [0.2, 0.25) is 0 Å². The zero-order valence-corrected chi connectivity index (χ0v) is 25.8. The molecule has 2 saturated carbocycles. The van der Waals surface area contributed by atoms with Gasteiger partial charge in [-0.2, -0.15) is 18.3 Å². The van der Waals surface area contributed by atoms with E-state index in [0.717, 1.165) is 41.7 Å². The maximum absolute atomic E-state index is 13.8. The SMILES string of the molecule is CCC(=O)NC(C(=O)N(C)[C@@H]1CCc2cc(NC(=O)[C@@H](NC(=O)c3ccnn3C(C)C)C(=C3CC3)C3CC3)ccc21)C(F)(F)F. The van der Waals surface area contributed by atoms with Crippen molar-refractivity contribution in [3.8, 4) is 0 Å². The minimum Gasteiger partial charge on any atom is -0.337 e. The highest BCUT2D eigenvalue weighted by molar-refractivity contribution is 6.02. The summed E-state index contributed by atoms with van der Waals surface area (Å²) < 4.78 is 42.7. The predicted octanol–water partition coefficient (Wildman–Crippen LogP) is 4.60. The Labute approximate surface area is 259 Å². The predicted molar refractivity (Wildman–Crippen MR) is 160 cm³/mol. The molecule has 3 aliphatic rings. The largest absolute Gasteiger partial charge is 0.417 e. The number of benzene rings is 1. The number of anilines is 1. The van der Waals surface area contributed by atoms with E-state index in [1.807, 2.05) is 13.8 Å². The van der Waals surface area contributed by atoms with Crippen LogP contribution >= 0.6 is 0 Å². The molecule has 1 aromatic heterocycles. The van der Waals surface area contributed by atoms with Crippen LogP contribution in [0.15, 0.2) is 41.6 Å². The Balaban J connectivity index is 1.33. The van der Waals surface area contributed by atoms with Gasteiger partial charge in [0.05, 0.1) is 6.04 Å². The number of amides is 4. The fourth-order valence-electron chi connectivity index (χ4n) is 6.06. The van der Waals surface area contributed by atoms with Crippen molar-refractivity contribution >= 4 is 29.3 Å². The Bertz CT molecular complexity index is 1520. The topological polar surface area (TPSA) is 125 Å². The first-order chi connectivity index (χ1) is 21.3. The summed E-state index contributed by atoms with van der Waals surface area (Å²) in [5.41, 5.74) is 4.50. The molecule has 3 N–H and O–H groups in total. The van der Waals surface area contributed by atoms with Crippen molar-refractivity contribution in [3.05, 3.63) is 58.4 Å². The lowest BCUT2D eigenvalue weighted by Crippen LogP contribution is -2.55. The number of hydrogen-bond donors (Lipinski definition) is 3. The maximum atomic E-state index is 13.8. The Kier molecular flexibility index (Phi) is 9.09. The zero-order chi connectivity index (χ0) is 32.6. The van der Waals surface area contributed by atoms with Crippen LogP contribution < -0.4 is 16.0 Å². The van der Waals surface area contributed by atoms with E-state index in [2.05, 4.69) is 15.7 Å². The van der Waals surface area contributed by atoms with E-state index in [4.69, 9.17) is 0 Å². The molecule has 2 aromatic rings. The number of nitrogens with one attached hydrogen (secondary N) is 3. The molecule has 5 rings (SSSR count). The third-order valence-corrected chi connectivity index (χ3v) is 8.64. The third kappa shape index (κ3) is 7.07. The molecule has 1 aromatic carbocycles. The average Bonchev–Trinajstić information content (AvgIpc) is 3.92. The highest BCUT2D eigenvalue weighted by Gasteiger charge is 2.48. The van der Waals surface area contributed by atoms with E-state index in [9.17, 15) is 32.3 Å². The Morgan fingerprint density at radius 1 is 1.04 bits per heavy atom. The van der Waals surface area contributed by atoms with Gasteiger partial charge >= 0.3 is 6.18 Å². The van der Waals surface area contributed by atoms with Gasteiger partial charge in [0, 0.05) is 31.4 Å². The summed E-state index contributed by atoms with van der Waals surface area (Å²) in [5.74, 6) is -2.62. The van der Waals surface area contributed by atoms with Gasteiger partial charge in [0.15, 0.2) is 0 Å². The van der Waals surface area contributed by atoms with Gasteiger partial charge in [0.2, 0.25) is 11.9 Å². The minimum absolute atomic E-state index is 0.0447. The molecule has 0 spiro atoms. The van der Waals surface area contributed by atoms with E-state index < -0.39 is 42.0 Å². The van der Waals surface area contributed by atoms with Crippen molar-refractivity contribution in [1.29, 1.82) is 0 Å². The Morgan fingerprint density at radius 2 is 1.76 bits per heavy atom. The molecular formula is C32H39F3N6O4. The van der Waals surface area contributed by atoms with Gasteiger partial charge in [-0.25, -0.2) is 0 Å². The number of alkyl halides is 3. The lowest BCUT2D eigenvalue weighted by Gasteiger charge is -2.30. The van der Waals surface area contributed by atoms with E-state index in [0.29, 0.717) is 29.8 Å². The molecule has 45 heavy (non-hydrogen) atoms. The van der Waals surface area contributed by atoms with Crippen molar-refractivity contribution in [2.45, 2.75) is 96.1 Å². The number of nitrogens with zero attached hydrogens (tertiary/aromatic N) is 3. The first-order valence-corrected chi connectivity index (χ1v) is 15.4. The molecular weight excluding hydrogens is 589 g/mol. The summed E-state index contributed by atoms with van der Waals surface area (Å²) in [7, 11) is 1.30. The van der Waals surface area contributed by atoms with Gasteiger partial charge in [0.1, 0.15) is 11.7 Å². The molecule has 4 amide bonds. The van der Waals surface area contributed by atoms with Crippen LogP contribution in [0.25, 0.3) is 0 Å². The first kappa shape index (κ1) is 32.2. The van der Waals surface area contributed by atoms with Gasteiger partial charge in [-0.1, -0.05) is 18.6 Å². The van der Waals surface area contributed by atoms with Gasteiger partial charge in [-0.05, 0) is 93.2 Å². The van der Waals surface area contributed by atoms with Crippen molar-refractivity contribution in [2.24, 2.45) is 5.92 Å². The normalized spacial score (nSPS) is 18.6. The number of allylic oxidation sites excluding steroid dienone is 1. The molecule has 1 unspecified atom stereocenters. The molecule has 0 radical (unpaired) electrons. The molecule has 2 fully saturated rings. The van der Waals surface area contributed by atoms with Crippen molar-refractivity contribution in [3.63, 3.8) is 0 Å². The number of carbonyl (C=O) groups is 4. The Morgan fingerprint density at radius 3 is 2.36 bits per heavy atom. The number of aromatic nitrogens is 2. The summed E-state index contributed by atoms with van der Waals surface area (Å²) >= 11 is 0. The number of rotatable bonds is 11. The molecule has 0 saturated heterocycles. The quantitative estimate of drug-likeness (QED) is 0.314. The van der Waals surface area contributed by atoms with Crippen molar-refractivity contribution < 1.29 is 32.3 Å². The minimum atomic E-state index is -4.94. The first-order valence-electron chi connectivity index (χ1n) is 15.4. The highest BCUT2D eigenvalue weighted by Crippen LogP contribution is 2.46. The Hall–Kier alpha value is -4.16. The second-order valence-corrected chi connectivity index (χ2v) is 12.3. The average molecular weight is 629 g/mol. The second kappa shape index (κ2) is 12.7. The molecule has 0 bridgehead atoms. The molecule has 3 atom stereocenters. The second-order valence-electron chi connectivity index (χ2n) is 12.3. The molecule has 10 nitrogen and oxygen atoms in total. The number of aryl methyl sites for hydroxylation is 1. The standard InChI is InChI=1S/C32H39F3N6O4/c1-5-25(42)38-28(32(33,34)35)31(45)40(4)23-13-10-20-16-21(11-12-22(20)23)37-30(44)27(26(18-6-7-18)19-8-9-19)39-29(43)24-14-15-36-41(24)17(2)3/h11-12,14-18,23,27-28H,5-10,13H2,1-4H3,(H,37,44)(H,38,42)(H,39,43)/t23-,27+,28?/m1/s1. The number of halogens is 3. The van der Waals surface area contributed by atoms with Gasteiger partial charge in [-0.15, -0.1) is 0 Å². The van der Waals surface area contributed by atoms with Gasteiger partial charge < -0.3 is 20.9 Å². The van der Waals surface area contributed by atoms with Crippen LogP contribution in [-0.2, 0) is 20.8 Å². The number of fused-ring (bicyclic) bond motifs is 1. The molecule has 13 heteroatoms.